The van der Waals surface area contributed by atoms with E-state index in [-0.39, 0.29) is 24.5 Å². The van der Waals surface area contributed by atoms with Crippen molar-refractivity contribution in [1.82, 2.24) is 0 Å². The van der Waals surface area contributed by atoms with Crippen molar-refractivity contribution in [3.05, 3.63) is 69.8 Å². The van der Waals surface area contributed by atoms with E-state index >= 15 is 0 Å². The van der Waals surface area contributed by atoms with Crippen LogP contribution in [0.2, 0.25) is 24.7 Å². The number of nitrogens with one attached hydrogen (secondary N) is 1. The summed E-state index contributed by atoms with van der Waals surface area (Å²) in [6.45, 7) is 6.93. The minimum Gasteiger partial charge on any atom is -0.487 e. The Kier molecular flexibility index (Phi) is 6.75. The van der Waals surface area contributed by atoms with Crippen molar-refractivity contribution < 1.29 is 9.13 Å². The van der Waals surface area contributed by atoms with Gasteiger partial charge in [-0.05, 0) is 42.0 Å². The third-order valence-corrected chi connectivity index (χ3v) is 6.89. The Bertz CT molecular complexity index is 1180. The van der Waals surface area contributed by atoms with Gasteiger partial charge >= 0.3 is 0 Å². The van der Waals surface area contributed by atoms with Gasteiger partial charge in [0.25, 0.3) is 0 Å². The highest BCUT2D eigenvalue weighted by molar-refractivity contribution is 8.17. The lowest BCUT2D eigenvalue weighted by atomic mass is 10.1. The highest BCUT2D eigenvalue weighted by Crippen LogP contribution is 2.37. The number of ether oxygens (including phenoxy) is 1. The van der Waals surface area contributed by atoms with E-state index in [0.29, 0.717) is 10.8 Å². The molecule has 0 aromatic heterocycles. The molecule has 4 nitrogen and oxygen atoms in total. The molecule has 4 rings (SSSR count). The number of rotatable bonds is 5. The number of nitrogens with zero attached hydrogens (tertiary/aromatic N) is 2. The number of fused-ring (bicyclic) bond motifs is 1. The van der Waals surface area contributed by atoms with Crippen molar-refractivity contribution in [2.75, 3.05) is 5.32 Å². The van der Waals surface area contributed by atoms with Crippen molar-refractivity contribution in [2.45, 2.75) is 32.4 Å². The third kappa shape index (κ3) is 5.83. The third-order valence-electron chi connectivity index (χ3n) is 4.67. The summed E-state index contributed by atoms with van der Waals surface area (Å²) in [5.74, 6) is 3.61. The predicted octanol–water partition coefficient (Wildman–Crippen LogP) is 6.36. The summed E-state index contributed by atoms with van der Waals surface area (Å²) in [4.78, 5) is 9.99. The molecule has 0 spiro atoms. The number of anilines is 1. The molecule has 2 aliphatic heterocycles. The number of aliphatic imine (C=N–C) groups is 2. The molecule has 0 bridgehead atoms. The summed E-state index contributed by atoms with van der Waals surface area (Å²) in [5.41, 5.74) is 4.98. The lowest BCUT2D eigenvalue weighted by Crippen LogP contribution is -2.31. The lowest BCUT2D eigenvalue weighted by molar-refractivity contribution is 0.306. The monoisotopic (exact) mass is 483 g/mol. The van der Waals surface area contributed by atoms with Gasteiger partial charge in [-0.3, -0.25) is 0 Å². The number of halogens is 2. The van der Waals surface area contributed by atoms with Crippen molar-refractivity contribution >= 4 is 48.5 Å². The highest BCUT2D eigenvalue weighted by Gasteiger charge is 2.32. The van der Waals surface area contributed by atoms with Gasteiger partial charge < -0.3 is 10.1 Å². The summed E-state index contributed by atoms with van der Waals surface area (Å²) >= 11 is 8.05. The van der Waals surface area contributed by atoms with Gasteiger partial charge in [0.05, 0.1) is 20.9 Å². The average Bonchev–Trinajstić information content (AvgIpc) is 3.16. The number of allylic oxidation sites excluding steroid dienone is 1. The molecule has 0 amide bonds. The van der Waals surface area contributed by atoms with Gasteiger partial charge in [-0.25, -0.2) is 14.4 Å². The molecule has 2 unspecified atom stereocenters. The summed E-state index contributed by atoms with van der Waals surface area (Å²) in [5, 5.41) is 4.90. The SMILES string of the molecule is C[Si](C)(C)C#CC1=CC2C(=NC=NC2Nc2ccc(OCc3cccc(F)c3)c(Cl)c2)S1. The molecule has 0 fully saturated rings. The van der Waals surface area contributed by atoms with Crippen LogP contribution < -0.4 is 10.1 Å². The summed E-state index contributed by atoms with van der Waals surface area (Å²) in [7, 11) is -1.44. The van der Waals surface area contributed by atoms with E-state index in [1.807, 2.05) is 12.1 Å². The largest absolute Gasteiger partial charge is 0.487 e. The molecule has 2 heterocycles. The van der Waals surface area contributed by atoms with Crippen LogP contribution in [0, 0.1) is 23.2 Å². The summed E-state index contributed by atoms with van der Waals surface area (Å²) < 4.78 is 19.1. The minimum absolute atomic E-state index is 0.0404. The normalized spacial score (nSPS) is 19.4. The number of hydrogen-bond acceptors (Lipinski definition) is 5. The topological polar surface area (TPSA) is 46.0 Å². The number of benzene rings is 2. The Hall–Kier alpha value is -2.53. The van der Waals surface area contributed by atoms with Gasteiger partial charge in [-0.15, -0.1) is 5.54 Å². The van der Waals surface area contributed by atoms with Crippen LogP contribution in [-0.2, 0) is 6.61 Å². The number of hydrogen-bond donors (Lipinski definition) is 1. The molecular formula is C24H23ClFN3OSSi. The van der Waals surface area contributed by atoms with Crippen LogP contribution in [-0.4, -0.2) is 25.6 Å². The highest BCUT2D eigenvalue weighted by atomic mass is 35.5. The Morgan fingerprint density at radius 1 is 1.22 bits per heavy atom. The van der Waals surface area contributed by atoms with E-state index in [1.54, 1.807) is 36.3 Å². The molecule has 32 heavy (non-hydrogen) atoms. The van der Waals surface area contributed by atoms with Crippen molar-refractivity contribution in [3.8, 4) is 17.2 Å². The Morgan fingerprint density at radius 2 is 2.06 bits per heavy atom. The van der Waals surface area contributed by atoms with Crippen LogP contribution in [0.4, 0.5) is 10.1 Å². The quantitative estimate of drug-likeness (QED) is 0.397. The fourth-order valence-corrected chi connectivity index (χ4v) is 4.96. The summed E-state index contributed by atoms with van der Waals surface area (Å²) in [6, 6.07) is 11.8. The van der Waals surface area contributed by atoms with Gasteiger partial charge in [-0.2, -0.15) is 0 Å². The van der Waals surface area contributed by atoms with Gasteiger partial charge in [0.2, 0.25) is 0 Å². The number of thioether (sulfide) groups is 1. The second-order valence-corrected chi connectivity index (χ2v) is 14.8. The zero-order valence-corrected chi connectivity index (χ0v) is 20.6. The molecule has 1 N–H and O–H groups in total. The van der Waals surface area contributed by atoms with Crippen LogP contribution in [0.25, 0.3) is 0 Å². The van der Waals surface area contributed by atoms with Crippen molar-refractivity contribution in [3.63, 3.8) is 0 Å². The predicted molar refractivity (Wildman–Crippen MR) is 136 cm³/mol. The van der Waals surface area contributed by atoms with Gasteiger partial charge in [-0.1, -0.05) is 61.1 Å². The van der Waals surface area contributed by atoms with Crippen LogP contribution in [0.3, 0.4) is 0 Å². The standard InChI is InChI=1S/C24H23ClFN3OSSi/c1-32(2,3)10-9-19-13-20-23(27-15-28-24(20)31-19)29-18-7-8-22(21(25)12-18)30-14-16-5-4-6-17(26)11-16/h4-8,11-13,15,20,23,29H,14H2,1-3H3. The maximum atomic E-state index is 13.3. The van der Waals surface area contributed by atoms with Crippen LogP contribution in [0.1, 0.15) is 5.56 Å². The smallest absolute Gasteiger partial charge is 0.138 e. The first-order valence-corrected chi connectivity index (χ1v) is 14.9. The van der Waals surface area contributed by atoms with Gasteiger partial charge in [0.1, 0.15) is 38.8 Å². The summed E-state index contributed by atoms with van der Waals surface area (Å²) in [6.07, 6.45) is 3.55. The Labute approximate surface area is 198 Å². The van der Waals surface area contributed by atoms with E-state index in [2.05, 4.69) is 52.5 Å². The Balaban J connectivity index is 1.43. The van der Waals surface area contributed by atoms with Crippen LogP contribution in [0.5, 0.6) is 5.75 Å². The fourth-order valence-electron chi connectivity index (χ4n) is 3.15. The van der Waals surface area contributed by atoms with Crippen molar-refractivity contribution in [2.24, 2.45) is 15.9 Å². The van der Waals surface area contributed by atoms with E-state index in [1.165, 1.54) is 12.1 Å². The van der Waals surface area contributed by atoms with E-state index < -0.39 is 8.07 Å². The molecule has 2 aliphatic rings. The first-order valence-electron chi connectivity index (χ1n) is 10.2. The van der Waals surface area contributed by atoms with Gasteiger partial charge in [0, 0.05) is 5.69 Å². The molecule has 0 saturated carbocycles. The maximum Gasteiger partial charge on any atom is 0.138 e. The molecule has 164 valence electrons. The first-order chi connectivity index (χ1) is 15.3. The van der Waals surface area contributed by atoms with Crippen LogP contribution >= 0.6 is 23.4 Å². The minimum atomic E-state index is -1.44. The molecular weight excluding hydrogens is 461 g/mol. The van der Waals surface area contributed by atoms with Crippen molar-refractivity contribution in [1.29, 1.82) is 0 Å². The molecule has 8 heteroatoms. The van der Waals surface area contributed by atoms with E-state index in [4.69, 9.17) is 16.3 Å². The first kappa shape index (κ1) is 22.7. The molecule has 0 aliphatic carbocycles. The Morgan fingerprint density at radius 3 is 2.81 bits per heavy atom. The maximum absolute atomic E-state index is 13.3. The molecule has 2 aromatic carbocycles. The zero-order valence-electron chi connectivity index (χ0n) is 18.0. The fraction of sp³-hybridized carbons (Fsp3) is 0.250. The average molecular weight is 484 g/mol. The zero-order chi connectivity index (χ0) is 22.7. The van der Waals surface area contributed by atoms with E-state index in [9.17, 15) is 4.39 Å². The second kappa shape index (κ2) is 9.53. The molecule has 0 radical (unpaired) electrons. The second-order valence-electron chi connectivity index (χ2n) is 8.54. The molecule has 2 atom stereocenters. The molecule has 0 saturated heterocycles. The van der Waals surface area contributed by atoms with Gasteiger partial charge in [0.15, 0.2) is 0 Å². The lowest BCUT2D eigenvalue weighted by Gasteiger charge is -2.23. The van der Waals surface area contributed by atoms with E-state index in [0.717, 1.165) is 21.2 Å². The van der Waals surface area contributed by atoms with Crippen LogP contribution in [0.15, 0.2) is 63.4 Å². The molecule has 2 aromatic rings.